The molecule has 2 aromatic heterocycles. The van der Waals surface area contributed by atoms with Crippen molar-refractivity contribution < 1.29 is 14.7 Å². The molecule has 0 fully saturated rings. The fourth-order valence-corrected chi connectivity index (χ4v) is 1.51. The molecule has 0 saturated heterocycles. The Balaban J connectivity index is 1.99. The number of carboxylic acids is 1. The quantitative estimate of drug-likeness (QED) is 0.793. The van der Waals surface area contributed by atoms with E-state index >= 15 is 0 Å². The molecule has 0 saturated carbocycles. The van der Waals surface area contributed by atoms with E-state index in [1.807, 2.05) is 6.92 Å². The zero-order valence-corrected chi connectivity index (χ0v) is 10.6. The van der Waals surface area contributed by atoms with E-state index < -0.39 is 12.0 Å². The first-order chi connectivity index (χ1) is 9.54. The lowest BCUT2D eigenvalue weighted by atomic mass is 10.3. The average molecular weight is 272 g/mol. The van der Waals surface area contributed by atoms with E-state index in [2.05, 4.69) is 20.6 Å². The van der Waals surface area contributed by atoms with Crippen molar-refractivity contribution in [3.05, 3.63) is 48.0 Å². The Morgan fingerprint density at radius 3 is 2.45 bits per heavy atom. The first-order valence-electron chi connectivity index (χ1n) is 5.73. The average Bonchev–Trinajstić information content (AvgIpc) is 2.39. The molecule has 0 aliphatic heterocycles. The van der Waals surface area contributed by atoms with Gasteiger partial charge < -0.3 is 15.7 Å². The first-order valence-corrected chi connectivity index (χ1v) is 5.73. The van der Waals surface area contributed by atoms with E-state index in [4.69, 9.17) is 5.11 Å². The predicted octanol–water partition coefficient (Wildman–Crippen LogP) is 2.13. The molecule has 0 radical (unpaired) electrons. The maximum Gasteiger partial charge on any atom is 0.354 e. The number of nitrogens with one attached hydrogen (secondary N) is 2. The van der Waals surface area contributed by atoms with Gasteiger partial charge in [0.05, 0.1) is 23.8 Å². The second-order valence-corrected chi connectivity index (χ2v) is 4.07. The lowest BCUT2D eigenvalue weighted by Crippen LogP contribution is -2.19. The molecule has 0 spiro atoms. The third-order valence-electron chi connectivity index (χ3n) is 2.37. The van der Waals surface area contributed by atoms with Crippen molar-refractivity contribution in [2.75, 3.05) is 10.6 Å². The van der Waals surface area contributed by atoms with Crippen molar-refractivity contribution in [2.24, 2.45) is 0 Å². The minimum absolute atomic E-state index is 0.0844. The summed E-state index contributed by atoms with van der Waals surface area (Å²) < 4.78 is 0. The highest BCUT2D eigenvalue weighted by atomic mass is 16.4. The van der Waals surface area contributed by atoms with Crippen molar-refractivity contribution in [3.8, 4) is 0 Å². The predicted molar refractivity (Wildman–Crippen MR) is 72.8 cm³/mol. The molecular formula is C13H12N4O3. The number of aromatic nitrogens is 2. The number of rotatable bonds is 3. The summed E-state index contributed by atoms with van der Waals surface area (Å²) in [4.78, 5) is 30.0. The number of amides is 2. The molecule has 0 aromatic carbocycles. The van der Waals surface area contributed by atoms with Crippen LogP contribution >= 0.6 is 0 Å². The molecule has 102 valence electrons. The number of aryl methyl sites for hydroxylation is 1. The number of anilines is 2. The van der Waals surface area contributed by atoms with Gasteiger partial charge in [-0.2, -0.15) is 0 Å². The summed E-state index contributed by atoms with van der Waals surface area (Å²) in [7, 11) is 0. The van der Waals surface area contributed by atoms with Crippen molar-refractivity contribution in [2.45, 2.75) is 6.92 Å². The van der Waals surface area contributed by atoms with Crippen LogP contribution < -0.4 is 10.6 Å². The smallest absolute Gasteiger partial charge is 0.354 e. The SMILES string of the molecule is Cc1cncc(NC(=O)Nc2ccc(C(=O)O)nc2)c1. The van der Waals surface area contributed by atoms with E-state index in [0.717, 1.165) is 5.56 Å². The van der Waals surface area contributed by atoms with Crippen LogP contribution in [0.15, 0.2) is 36.8 Å². The number of hydrogen-bond acceptors (Lipinski definition) is 4. The van der Waals surface area contributed by atoms with E-state index in [-0.39, 0.29) is 5.69 Å². The Morgan fingerprint density at radius 2 is 1.85 bits per heavy atom. The molecule has 7 nitrogen and oxygen atoms in total. The molecule has 3 N–H and O–H groups in total. The van der Waals surface area contributed by atoms with Gasteiger partial charge in [-0.1, -0.05) is 0 Å². The van der Waals surface area contributed by atoms with Crippen LogP contribution in [0.25, 0.3) is 0 Å². The number of carbonyl (C=O) groups is 2. The Bertz CT molecular complexity index is 640. The number of carbonyl (C=O) groups excluding carboxylic acids is 1. The summed E-state index contributed by atoms with van der Waals surface area (Å²) in [6.07, 6.45) is 4.48. The van der Waals surface area contributed by atoms with Gasteiger partial charge in [0.1, 0.15) is 5.69 Å². The molecule has 0 atom stereocenters. The van der Waals surface area contributed by atoms with Crippen LogP contribution in [0.5, 0.6) is 0 Å². The summed E-state index contributed by atoms with van der Waals surface area (Å²) in [6.45, 7) is 1.87. The molecule has 2 aromatic rings. The van der Waals surface area contributed by atoms with E-state index in [9.17, 15) is 9.59 Å². The highest BCUT2D eigenvalue weighted by Gasteiger charge is 2.06. The fourth-order valence-electron chi connectivity index (χ4n) is 1.51. The van der Waals surface area contributed by atoms with Gasteiger partial charge >= 0.3 is 12.0 Å². The van der Waals surface area contributed by atoms with Crippen molar-refractivity contribution in [3.63, 3.8) is 0 Å². The molecule has 2 amide bonds. The fraction of sp³-hybridized carbons (Fsp3) is 0.0769. The van der Waals surface area contributed by atoms with Crippen LogP contribution in [0.3, 0.4) is 0 Å². The van der Waals surface area contributed by atoms with Crippen molar-refractivity contribution >= 4 is 23.4 Å². The summed E-state index contributed by atoms with van der Waals surface area (Å²) in [5.41, 5.74) is 1.81. The lowest BCUT2D eigenvalue weighted by Gasteiger charge is -2.07. The molecule has 0 aliphatic carbocycles. The summed E-state index contributed by atoms with van der Waals surface area (Å²) in [5, 5.41) is 13.9. The zero-order valence-electron chi connectivity index (χ0n) is 10.6. The maximum atomic E-state index is 11.7. The van der Waals surface area contributed by atoms with Crippen LogP contribution in [-0.2, 0) is 0 Å². The summed E-state index contributed by atoms with van der Waals surface area (Å²) in [6, 6.07) is 4.09. The molecule has 0 aliphatic rings. The Hall–Kier alpha value is -2.96. The van der Waals surface area contributed by atoms with E-state index in [1.54, 1.807) is 12.3 Å². The molecule has 0 unspecified atom stereocenters. The molecule has 7 heteroatoms. The van der Waals surface area contributed by atoms with Gasteiger partial charge in [-0.05, 0) is 30.7 Å². The van der Waals surface area contributed by atoms with Gasteiger partial charge in [-0.3, -0.25) is 4.98 Å². The van der Waals surface area contributed by atoms with Gasteiger partial charge in [0.15, 0.2) is 0 Å². The summed E-state index contributed by atoms with van der Waals surface area (Å²) in [5.74, 6) is -1.12. The van der Waals surface area contributed by atoms with Gasteiger partial charge in [0.25, 0.3) is 0 Å². The molecular weight excluding hydrogens is 260 g/mol. The Labute approximate surface area is 114 Å². The van der Waals surface area contributed by atoms with Gasteiger partial charge in [-0.15, -0.1) is 0 Å². The van der Waals surface area contributed by atoms with Crippen molar-refractivity contribution in [1.29, 1.82) is 0 Å². The highest BCUT2D eigenvalue weighted by Crippen LogP contribution is 2.10. The van der Waals surface area contributed by atoms with Gasteiger partial charge in [0.2, 0.25) is 0 Å². The second-order valence-electron chi connectivity index (χ2n) is 4.07. The normalized spacial score (nSPS) is 9.85. The maximum absolute atomic E-state index is 11.7. The van der Waals surface area contributed by atoms with E-state index in [0.29, 0.717) is 11.4 Å². The van der Waals surface area contributed by atoms with E-state index in [1.165, 1.54) is 24.5 Å². The molecule has 0 bridgehead atoms. The van der Waals surface area contributed by atoms with Crippen LogP contribution in [0.4, 0.5) is 16.2 Å². The molecule has 2 rings (SSSR count). The Morgan fingerprint density at radius 1 is 1.10 bits per heavy atom. The number of nitrogens with zero attached hydrogens (tertiary/aromatic N) is 2. The highest BCUT2D eigenvalue weighted by molar-refractivity contribution is 5.99. The van der Waals surface area contributed by atoms with Gasteiger partial charge in [-0.25, -0.2) is 14.6 Å². The number of pyridine rings is 2. The minimum atomic E-state index is -1.12. The molecule has 20 heavy (non-hydrogen) atoms. The second kappa shape index (κ2) is 5.79. The third kappa shape index (κ3) is 3.52. The lowest BCUT2D eigenvalue weighted by molar-refractivity contribution is 0.0690. The largest absolute Gasteiger partial charge is 0.477 e. The zero-order chi connectivity index (χ0) is 14.5. The Kier molecular flexibility index (Phi) is 3.90. The number of aromatic carboxylic acids is 1. The standard InChI is InChI=1S/C13H12N4O3/c1-8-4-10(6-14-5-8)17-13(20)16-9-2-3-11(12(18)19)15-7-9/h2-7H,1H3,(H,18,19)(H2,16,17,20). The molecule has 2 heterocycles. The van der Waals surface area contributed by atoms with Crippen LogP contribution in [0, 0.1) is 6.92 Å². The first kappa shape index (κ1) is 13.5. The van der Waals surface area contributed by atoms with Crippen LogP contribution in [0.2, 0.25) is 0 Å². The minimum Gasteiger partial charge on any atom is -0.477 e. The monoisotopic (exact) mass is 272 g/mol. The van der Waals surface area contributed by atoms with Gasteiger partial charge in [0, 0.05) is 6.20 Å². The summed E-state index contributed by atoms with van der Waals surface area (Å²) >= 11 is 0. The van der Waals surface area contributed by atoms with Crippen molar-refractivity contribution in [1.82, 2.24) is 9.97 Å². The number of carboxylic acid groups (broad SMARTS) is 1. The topological polar surface area (TPSA) is 104 Å². The number of urea groups is 1. The van der Waals surface area contributed by atoms with Crippen LogP contribution in [-0.4, -0.2) is 27.1 Å². The number of hydrogen-bond donors (Lipinski definition) is 3. The third-order valence-corrected chi connectivity index (χ3v) is 2.37. The van der Waals surface area contributed by atoms with Crippen LogP contribution in [0.1, 0.15) is 16.1 Å².